The summed E-state index contributed by atoms with van der Waals surface area (Å²) in [4.78, 5) is 28.2. The molecule has 0 atom stereocenters. The van der Waals surface area contributed by atoms with Gasteiger partial charge in [-0.1, -0.05) is 0 Å². The second kappa shape index (κ2) is 6.98. The zero-order valence-electron chi connectivity index (χ0n) is 14.1. The molecule has 0 unspecified atom stereocenters. The van der Waals surface area contributed by atoms with Crippen LogP contribution in [-0.2, 0) is 0 Å². The van der Waals surface area contributed by atoms with Crippen LogP contribution in [-0.4, -0.2) is 67.2 Å². The van der Waals surface area contributed by atoms with E-state index in [-0.39, 0.29) is 18.0 Å². The van der Waals surface area contributed by atoms with Crippen LogP contribution in [0.1, 0.15) is 24.2 Å². The highest BCUT2D eigenvalue weighted by atomic mass is 16.6. The van der Waals surface area contributed by atoms with Crippen molar-refractivity contribution in [2.75, 3.05) is 39.4 Å². The highest BCUT2D eigenvalue weighted by molar-refractivity contribution is 5.95. The molecule has 3 amide bonds. The number of hydrogen-bond acceptors (Lipinski definition) is 4. The molecule has 0 radical (unpaired) electrons. The first-order valence-electron chi connectivity index (χ1n) is 8.29. The number of amides is 3. The molecule has 130 valence electrons. The normalized spacial score (nSPS) is 17.0. The summed E-state index contributed by atoms with van der Waals surface area (Å²) in [5.74, 6) is 1.24. The molecule has 1 aromatic rings. The Morgan fingerprint density at radius 3 is 2.29 bits per heavy atom. The van der Waals surface area contributed by atoms with E-state index in [9.17, 15) is 9.59 Å². The first kappa shape index (κ1) is 16.4. The van der Waals surface area contributed by atoms with Gasteiger partial charge in [-0.2, -0.15) is 0 Å². The molecule has 7 nitrogen and oxygen atoms in total. The van der Waals surface area contributed by atoms with E-state index in [1.54, 1.807) is 28.0 Å². The van der Waals surface area contributed by atoms with Crippen molar-refractivity contribution in [2.24, 2.45) is 0 Å². The van der Waals surface area contributed by atoms with Crippen LogP contribution in [0.4, 0.5) is 4.79 Å². The van der Waals surface area contributed by atoms with Gasteiger partial charge in [0.1, 0.15) is 13.2 Å². The molecule has 2 heterocycles. The Balaban J connectivity index is 1.60. The number of nitrogens with one attached hydrogen (secondary N) is 1. The fourth-order valence-electron chi connectivity index (χ4n) is 2.81. The van der Waals surface area contributed by atoms with Crippen molar-refractivity contribution in [3.8, 4) is 11.5 Å². The summed E-state index contributed by atoms with van der Waals surface area (Å²) in [7, 11) is 0. The minimum atomic E-state index is -0.0728. The van der Waals surface area contributed by atoms with Gasteiger partial charge in [-0.25, -0.2) is 4.79 Å². The molecule has 1 aromatic carbocycles. The number of fused-ring (bicyclic) bond motifs is 1. The molecular weight excluding hydrogens is 310 g/mol. The van der Waals surface area contributed by atoms with Gasteiger partial charge in [0.05, 0.1) is 0 Å². The lowest BCUT2D eigenvalue weighted by Crippen LogP contribution is -2.54. The molecule has 1 N–H and O–H groups in total. The molecular formula is C17H23N3O4. The van der Waals surface area contributed by atoms with Gasteiger partial charge in [-0.05, 0) is 32.0 Å². The fourth-order valence-corrected chi connectivity index (χ4v) is 2.81. The lowest BCUT2D eigenvalue weighted by molar-refractivity contribution is 0.0663. The molecule has 1 saturated heterocycles. The van der Waals surface area contributed by atoms with Crippen molar-refractivity contribution < 1.29 is 19.1 Å². The second-order valence-electron chi connectivity index (χ2n) is 6.24. The molecule has 2 aliphatic heterocycles. The number of ether oxygens (including phenoxy) is 2. The Bertz CT molecular complexity index is 624. The molecule has 0 aromatic heterocycles. The predicted molar refractivity (Wildman–Crippen MR) is 88.6 cm³/mol. The van der Waals surface area contributed by atoms with Crippen LogP contribution in [0.3, 0.4) is 0 Å². The van der Waals surface area contributed by atoms with Crippen LogP contribution in [0.2, 0.25) is 0 Å². The first-order valence-corrected chi connectivity index (χ1v) is 8.29. The van der Waals surface area contributed by atoms with Crippen LogP contribution in [0.5, 0.6) is 11.5 Å². The molecule has 0 spiro atoms. The van der Waals surface area contributed by atoms with E-state index >= 15 is 0 Å². The number of benzene rings is 1. The number of piperazine rings is 1. The average Bonchev–Trinajstić information content (AvgIpc) is 2.60. The fraction of sp³-hybridized carbons (Fsp3) is 0.529. The van der Waals surface area contributed by atoms with Gasteiger partial charge in [0, 0.05) is 37.8 Å². The summed E-state index contributed by atoms with van der Waals surface area (Å²) in [6.07, 6.45) is 0. The number of carbonyl (C=O) groups excluding carboxylic acids is 2. The topological polar surface area (TPSA) is 71.1 Å². The minimum absolute atomic E-state index is 0.0455. The van der Waals surface area contributed by atoms with Crippen molar-refractivity contribution in [3.05, 3.63) is 23.8 Å². The maximum Gasteiger partial charge on any atom is 0.317 e. The number of urea groups is 1. The van der Waals surface area contributed by atoms with Crippen LogP contribution in [0.25, 0.3) is 0 Å². The first-order chi connectivity index (χ1) is 11.5. The van der Waals surface area contributed by atoms with E-state index in [1.807, 2.05) is 13.8 Å². The number of hydrogen-bond donors (Lipinski definition) is 1. The van der Waals surface area contributed by atoms with E-state index in [2.05, 4.69) is 5.32 Å². The summed E-state index contributed by atoms with van der Waals surface area (Å²) in [6, 6.07) is 5.29. The monoisotopic (exact) mass is 333 g/mol. The van der Waals surface area contributed by atoms with Crippen LogP contribution in [0.15, 0.2) is 18.2 Å². The smallest absolute Gasteiger partial charge is 0.317 e. The third kappa shape index (κ3) is 3.55. The average molecular weight is 333 g/mol. The predicted octanol–water partition coefficient (Wildman–Crippen LogP) is 1.33. The van der Waals surface area contributed by atoms with E-state index in [0.29, 0.717) is 56.5 Å². The van der Waals surface area contributed by atoms with Crippen molar-refractivity contribution >= 4 is 11.9 Å². The molecule has 3 rings (SSSR count). The van der Waals surface area contributed by atoms with Crippen LogP contribution >= 0.6 is 0 Å². The number of nitrogens with zero attached hydrogens (tertiary/aromatic N) is 2. The van der Waals surface area contributed by atoms with E-state index in [0.717, 1.165) is 0 Å². The third-order valence-corrected chi connectivity index (χ3v) is 4.06. The molecule has 7 heteroatoms. The quantitative estimate of drug-likeness (QED) is 0.886. The summed E-state index contributed by atoms with van der Waals surface area (Å²) < 4.78 is 11.0. The lowest BCUT2D eigenvalue weighted by Gasteiger charge is -2.35. The Hall–Kier alpha value is -2.44. The van der Waals surface area contributed by atoms with Crippen LogP contribution < -0.4 is 14.8 Å². The van der Waals surface area contributed by atoms with E-state index < -0.39 is 0 Å². The molecule has 0 saturated carbocycles. The van der Waals surface area contributed by atoms with Gasteiger partial charge in [0.15, 0.2) is 11.5 Å². The number of carbonyl (C=O) groups is 2. The van der Waals surface area contributed by atoms with Gasteiger partial charge < -0.3 is 24.6 Å². The molecule has 0 aliphatic carbocycles. The molecule has 1 fully saturated rings. The SMILES string of the molecule is CC(C)NC(=O)N1CCN(C(=O)c2ccc3c(c2)OCCO3)CC1. The zero-order chi connectivity index (χ0) is 17.1. The van der Waals surface area contributed by atoms with E-state index in [4.69, 9.17) is 9.47 Å². The maximum atomic E-state index is 12.7. The van der Waals surface area contributed by atoms with Crippen molar-refractivity contribution in [1.29, 1.82) is 0 Å². The van der Waals surface area contributed by atoms with Crippen LogP contribution in [0, 0.1) is 0 Å². The Labute approximate surface area is 141 Å². The third-order valence-electron chi connectivity index (χ3n) is 4.06. The number of rotatable bonds is 2. The molecule has 24 heavy (non-hydrogen) atoms. The van der Waals surface area contributed by atoms with Gasteiger partial charge in [0.2, 0.25) is 0 Å². The molecule has 2 aliphatic rings. The minimum Gasteiger partial charge on any atom is -0.486 e. The van der Waals surface area contributed by atoms with Crippen molar-refractivity contribution in [1.82, 2.24) is 15.1 Å². The zero-order valence-corrected chi connectivity index (χ0v) is 14.1. The Morgan fingerprint density at radius 1 is 1.00 bits per heavy atom. The highest BCUT2D eigenvalue weighted by Crippen LogP contribution is 2.31. The summed E-state index contributed by atoms with van der Waals surface area (Å²) in [5, 5.41) is 2.88. The Kier molecular flexibility index (Phi) is 4.78. The summed E-state index contributed by atoms with van der Waals surface area (Å²) >= 11 is 0. The van der Waals surface area contributed by atoms with Gasteiger partial charge in [0.25, 0.3) is 5.91 Å². The van der Waals surface area contributed by atoms with Gasteiger partial charge in [-0.3, -0.25) is 4.79 Å². The Morgan fingerprint density at radius 2 is 1.62 bits per heavy atom. The largest absolute Gasteiger partial charge is 0.486 e. The summed E-state index contributed by atoms with van der Waals surface area (Å²) in [6.45, 7) is 7.01. The van der Waals surface area contributed by atoms with Crippen molar-refractivity contribution in [2.45, 2.75) is 19.9 Å². The lowest BCUT2D eigenvalue weighted by atomic mass is 10.1. The van der Waals surface area contributed by atoms with Gasteiger partial charge >= 0.3 is 6.03 Å². The maximum absolute atomic E-state index is 12.7. The van der Waals surface area contributed by atoms with E-state index in [1.165, 1.54) is 0 Å². The van der Waals surface area contributed by atoms with Gasteiger partial charge in [-0.15, -0.1) is 0 Å². The van der Waals surface area contributed by atoms with Crippen molar-refractivity contribution in [3.63, 3.8) is 0 Å². The summed E-state index contributed by atoms with van der Waals surface area (Å²) in [5.41, 5.74) is 0.583. The second-order valence-corrected chi connectivity index (χ2v) is 6.24. The highest BCUT2D eigenvalue weighted by Gasteiger charge is 2.26. The standard InChI is InChI=1S/C17H23N3O4/c1-12(2)18-17(22)20-7-5-19(6-8-20)16(21)13-3-4-14-15(11-13)24-10-9-23-14/h3-4,11-12H,5-10H2,1-2H3,(H,18,22). The molecule has 0 bridgehead atoms.